The highest BCUT2D eigenvalue weighted by Gasteiger charge is 2.31. The molecular formula is C18H16F5N3O. The molecule has 0 N–H and O–H groups in total. The molecule has 1 aliphatic rings. The van der Waals surface area contributed by atoms with E-state index < -0.39 is 29.3 Å². The molecule has 1 fully saturated rings. The van der Waals surface area contributed by atoms with E-state index in [0.717, 1.165) is 24.4 Å². The van der Waals surface area contributed by atoms with Crippen molar-refractivity contribution >= 4 is 11.7 Å². The first-order chi connectivity index (χ1) is 12.7. The first-order valence-corrected chi connectivity index (χ1v) is 8.27. The number of alkyl halides is 3. The fraction of sp³-hybridized carbons (Fsp3) is 0.333. The number of nitrogens with zero attached hydrogens (tertiary/aromatic N) is 3. The second-order valence-corrected chi connectivity index (χ2v) is 6.19. The Morgan fingerprint density at radius 3 is 2.26 bits per heavy atom. The first-order valence-electron chi connectivity index (χ1n) is 8.27. The third kappa shape index (κ3) is 4.53. The highest BCUT2D eigenvalue weighted by molar-refractivity contribution is 5.94. The minimum Gasteiger partial charge on any atom is -0.355 e. The van der Waals surface area contributed by atoms with E-state index in [1.165, 1.54) is 11.0 Å². The maximum atomic E-state index is 13.3. The van der Waals surface area contributed by atoms with Crippen molar-refractivity contribution in [2.45, 2.75) is 12.6 Å². The first kappa shape index (κ1) is 19.1. The van der Waals surface area contributed by atoms with Gasteiger partial charge in [-0.1, -0.05) is 0 Å². The summed E-state index contributed by atoms with van der Waals surface area (Å²) < 4.78 is 64.6. The van der Waals surface area contributed by atoms with Crippen LogP contribution in [0.25, 0.3) is 0 Å². The lowest BCUT2D eigenvalue weighted by atomic mass is 10.2. The number of pyridine rings is 1. The molecule has 0 bridgehead atoms. The summed E-state index contributed by atoms with van der Waals surface area (Å²) in [5.74, 6) is -1.77. The molecule has 27 heavy (non-hydrogen) atoms. The summed E-state index contributed by atoms with van der Waals surface area (Å²) in [5, 5.41) is 0. The molecular weight excluding hydrogens is 369 g/mol. The second kappa shape index (κ2) is 7.50. The summed E-state index contributed by atoms with van der Waals surface area (Å²) in [5.41, 5.74) is -0.903. The molecule has 1 amide bonds. The van der Waals surface area contributed by atoms with Gasteiger partial charge in [0.05, 0.1) is 5.56 Å². The summed E-state index contributed by atoms with van der Waals surface area (Å²) in [4.78, 5) is 19.6. The third-order valence-electron chi connectivity index (χ3n) is 4.29. The number of benzene rings is 1. The van der Waals surface area contributed by atoms with E-state index in [4.69, 9.17) is 0 Å². The number of anilines is 1. The Morgan fingerprint density at radius 1 is 0.963 bits per heavy atom. The molecule has 3 rings (SSSR count). The van der Waals surface area contributed by atoms with Crippen molar-refractivity contribution in [3.8, 4) is 0 Å². The lowest BCUT2D eigenvalue weighted by molar-refractivity contribution is -0.137. The van der Waals surface area contributed by atoms with Crippen molar-refractivity contribution in [3.05, 3.63) is 59.3 Å². The van der Waals surface area contributed by atoms with E-state index in [2.05, 4.69) is 4.98 Å². The van der Waals surface area contributed by atoms with E-state index >= 15 is 0 Å². The van der Waals surface area contributed by atoms with Gasteiger partial charge in [0.2, 0.25) is 0 Å². The summed E-state index contributed by atoms with van der Waals surface area (Å²) in [6.07, 6.45) is -3.13. The number of halogens is 5. The Kier molecular flexibility index (Phi) is 5.29. The van der Waals surface area contributed by atoms with Gasteiger partial charge in [0.25, 0.3) is 5.91 Å². The SMILES string of the molecule is O=C(c1cc(F)cc(F)c1)N1CCCN(c2ccc(C(F)(F)F)cn2)CC1. The maximum absolute atomic E-state index is 13.3. The van der Waals surface area contributed by atoms with Crippen molar-refractivity contribution in [1.82, 2.24) is 9.88 Å². The summed E-state index contributed by atoms with van der Waals surface area (Å²) in [6.45, 7) is 1.48. The predicted molar refractivity (Wildman–Crippen MR) is 88.3 cm³/mol. The zero-order valence-electron chi connectivity index (χ0n) is 14.1. The van der Waals surface area contributed by atoms with E-state index in [1.54, 1.807) is 4.90 Å². The van der Waals surface area contributed by atoms with Gasteiger partial charge >= 0.3 is 6.18 Å². The minimum atomic E-state index is -4.45. The molecule has 0 spiro atoms. The van der Waals surface area contributed by atoms with E-state index in [9.17, 15) is 26.7 Å². The monoisotopic (exact) mass is 385 g/mol. The Labute approximate surface area is 152 Å². The standard InChI is InChI=1S/C18H16F5N3O/c19-14-8-12(9-15(20)10-14)17(27)26-5-1-4-25(6-7-26)16-3-2-13(11-24-16)18(21,22)23/h2-3,8-11H,1,4-7H2. The summed E-state index contributed by atoms with van der Waals surface area (Å²) >= 11 is 0. The van der Waals surface area contributed by atoms with E-state index in [-0.39, 0.29) is 12.1 Å². The van der Waals surface area contributed by atoms with Gasteiger partial charge in [-0.2, -0.15) is 13.2 Å². The third-order valence-corrected chi connectivity index (χ3v) is 4.29. The average Bonchev–Trinajstić information content (AvgIpc) is 2.86. The molecule has 9 heteroatoms. The van der Waals surface area contributed by atoms with Crippen LogP contribution in [0, 0.1) is 11.6 Å². The maximum Gasteiger partial charge on any atom is 0.417 e. The highest BCUT2D eigenvalue weighted by atomic mass is 19.4. The molecule has 1 aromatic carbocycles. The molecule has 4 nitrogen and oxygen atoms in total. The lowest BCUT2D eigenvalue weighted by Gasteiger charge is -2.23. The average molecular weight is 385 g/mol. The summed E-state index contributed by atoms with van der Waals surface area (Å²) in [7, 11) is 0. The highest BCUT2D eigenvalue weighted by Crippen LogP contribution is 2.29. The molecule has 1 aromatic heterocycles. The number of aromatic nitrogens is 1. The molecule has 0 saturated carbocycles. The fourth-order valence-corrected chi connectivity index (χ4v) is 2.95. The van der Waals surface area contributed by atoms with Gasteiger partial charge in [0, 0.05) is 44.0 Å². The molecule has 0 atom stereocenters. The van der Waals surface area contributed by atoms with Crippen LogP contribution in [0.5, 0.6) is 0 Å². The number of carbonyl (C=O) groups excluding carboxylic acids is 1. The van der Waals surface area contributed by atoms with Crippen LogP contribution >= 0.6 is 0 Å². The van der Waals surface area contributed by atoms with E-state index in [0.29, 0.717) is 37.9 Å². The van der Waals surface area contributed by atoms with Gasteiger partial charge in [-0.05, 0) is 30.7 Å². The van der Waals surface area contributed by atoms with Crippen molar-refractivity contribution in [2.24, 2.45) is 0 Å². The van der Waals surface area contributed by atoms with Gasteiger partial charge in [0.15, 0.2) is 0 Å². The summed E-state index contributed by atoms with van der Waals surface area (Å²) in [6, 6.07) is 4.90. The lowest BCUT2D eigenvalue weighted by Crippen LogP contribution is -2.35. The Morgan fingerprint density at radius 2 is 1.67 bits per heavy atom. The van der Waals surface area contributed by atoms with Crippen LogP contribution < -0.4 is 4.90 Å². The van der Waals surface area contributed by atoms with E-state index in [1.807, 2.05) is 0 Å². The Bertz CT molecular complexity index is 802. The smallest absolute Gasteiger partial charge is 0.355 e. The fourth-order valence-electron chi connectivity index (χ4n) is 2.95. The number of carbonyl (C=O) groups is 1. The topological polar surface area (TPSA) is 36.4 Å². The molecule has 144 valence electrons. The van der Waals surface area contributed by atoms with Gasteiger partial charge in [-0.25, -0.2) is 13.8 Å². The van der Waals surface area contributed by atoms with Crippen molar-refractivity contribution in [2.75, 3.05) is 31.1 Å². The van der Waals surface area contributed by atoms with Gasteiger partial charge in [-0.3, -0.25) is 4.79 Å². The molecule has 2 heterocycles. The van der Waals surface area contributed by atoms with Crippen LogP contribution in [-0.4, -0.2) is 42.0 Å². The Hall–Kier alpha value is -2.71. The van der Waals surface area contributed by atoms with Crippen molar-refractivity contribution in [3.63, 3.8) is 0 Å². The number of hydrogen-bond donors (Lipinski definition) is 0. The molecule has 1 aliphatic heterocycles. The number of amides is 1. The van der Waals surface area contributed by atoms with Crippen LogP contribution in [0.15, 0.2) is 36.5 Å². The van der Waals surface area contributed by atoms with Crippen molar-refractivity contribution < 1.29 is 26.7 Å². The normalized spacial score (nSPS) is 15.6. The predicted octanol–water partition coefficient (Wildman–Crippen LogP) is 3.73. The number of hydrogen-bond acceptors (Lipinski definition) is 3. The van der Waals surface area contributed by atoms with Crippen molar-refractivity contribution in [1.29, 1.82) is 0 Å². The van der Waals surface area contributed by atoms with Gasteiger partial charge in [0.1, 0.15) is 17.5 Å². The van der Waals surface area contributed by atoms with Gasteiger partial charge in [-0.15, -0.1) is 0 Å². The number of rotatable bonds is 2. The second-order valence-electron chi connectivity index (χ2n) is 6.19. The van der Waals surface area contributed by atoms with Crippen LogP contribution in [0.2, 0.25) is 0 Å². The zero-order chi connectivity index (χ0) is 19.6. The Balaban J connectivity index is 1.69. The molecule has 0 unspecified atom stereocenters. The van der Waals surface area contributed by atoms with Crippen LogP contribution in [0.1, 0.15) is 22.3 Å². The van der Waals surface area contributed by atoms with Crippen LogP contribution in [0.4, 0.5) is 27.8 Å². The van der Waals surface area contributed by atoms with Crippen LogP contribution in [-0.2, 0) is 6.18 Å². The molecule has 2 aromatic rings. The zero-order valence-corrected chi connectivity index (χ0v) is 14.1. The molecule has 0 radical (unpaired) electrons. The molecule has 1 saturated heterocycles. The molecule has 0 aliphatic carbocycles. The van der Waals surface area contributed by atoms with Gasteiger partial charge < -0.3 is 9.80 Å². The largest absolute Gasteiger partial charge is 0.417 e. The quantitative estimate of drug-likeness (QED) is 0.740. The minimum absolute atomic E-state index is 0.0754. The van der Waals surface area contributed by atoms with Crippen LogP contribution in [0.3, 0.4) is 0 Å².